The molecule has 1 aromatic heterocycles. The molecular weight excluding hydrogens is 384 g/mol. The van der Waals surface area contributed by atoms with Crippen LogP contribution in [-0.4, -0.2) is 65.0 Å². The summed E-state index contributed by atoms with van der Waals surface area (Å²) in [5.74, 6) is 1.83. The number of fused-ring (bicyclic) bond motifs is 1. The van der Waals surface area contributed by atoms with Crippen LogP contribution in [0.2, 0.25) is 0 Å². The summed E-state index contributed by atoms with van der Waals surface area (Å²) in [5.41, 5.74) is 2.04. The van der Waals surface area contributed by atoms with E-state index >= 15 is 0 Å². The summed E-state index contributed by atoms with van der Waals surface area (Å²) in [6.45, 7) is 4.88. The van der Waals surface area contributed by atoms with Gasteiger partial charge in [-0.3, -0.25) is 9.69 Å². The van der Waals surface area contributed by atoms with Crippen molar-refractivity contribution in [2.45, 2.75) is 49.9 Å². The number of ether oxygens (including phenoxy) is 1. The van der Waals surface area contributed by atoms with Crippen LogP contribution in [0.15, 0.2) is 24.3 Å². The molecule has 0 spiro atoms. The second-order valence-corrected chi connectivity index (χ2v) is 9.06. The fraction of sp³-hybridized carbons (Fsp3) is 0.636. The van der Waals surface area contributed by atoms with Gasteiger partial charge in [-0.05, 0) is 57.2 Å². The lowest BCUT2D eigenvalue weighted by Gasteiger charge is -2.48. The number of amides is 1. The summed E-state index contributed by atoms with van der Waals surface area (Å²) < 4.78 is 7.71. The van der Waals surface area contributed by atoms with E-state index in [9.17, 15) is 4.79 Å². The monoisotopic (exact) mass is 416 g/mol. The maximum absolute atomic E-state index is 13.0. The van der Waals surface area contributed by atoms with Crippen LogP contribution in [0.5, 0.6) is 0 Å². The molecule has 1 aromatic carbocycles. The van der Waals surface area contributed by atoms with Gasteiger partial charge in [0.1, 0.15) is 12.4 Å². The SMILES string of the molecule is CSCc1nc2ccccc2n1CC(=O)NCC1(N2CCCCC2)CCOCC1. The van der Waals surface area contributed by atoms with Gasteiger partial charge in [0, 0.05) is 25.3 Å². The van der Waals surface area contributed by atoms with Gasteiger partial charge in [-0.2, -0.15) is 11.8 Å². The summed E-state index contributed by atoms with van der Waals surface area (Å²) in [6, 6.07) is 8.07. The Morgan fingerprint density at radius 2 is 1.97 bits per heavy atom. The summed E-state index contributed by atoms with van der Waals surface area (Å²) in [7, 11) is 0. The van der Waals surface area contributed by atoms with Crippen LogP contribution in [0.4, 0.5) is 0 Å². The number of nitrogens with one attached hydrogen (secondary N) is 1. The molecular formula is C22H32N4O2S. The highest BCUT2D eigenvalue weighted by Gasteiger charge is 2.39. The summed E-state index contributed by atoms with van der Waals surface area (Å²) in [4.78, 5) is 20.3. The van der Waals surface area contributed by atoms with Crippen molar-refractivity contribution in [1.29, 1.82) is 0 Å². The average Bonchev–Trinajstić information content (AvgIpc) is 3.11. The van der Waals surface area contributed by atoms with Gasteiger partial charge in [0.25, 0.3) is 0 Å². The van der Waals surface area contributed by atoms with E-state index < -0.39 is 0 Å². The molecule has 1 N–H and O–H groups in total. The van der Waals surface area contributed by atoms with Crippen molar-refractivity contribution in [2.75, 3.05) is 39.1 Å². The van der Waals surface area contributed by atoms with Crippen LogP contribution in [-0.2, 0) is 21.8 Å². The van der Waals surface area contributed by atoms with Crippen molar-refractivity contribution in [3.05, 3.63) is 30.1 Å². The molecule has 6 nitrogen and oxygen atoms in total. The van der Waals surface area contributed by atoms with E-state index in [4.69, 9.17) is 9.72 Å². The number of carbonyl (C=O) groups excluding carboxylic acids is 1. The normalized spacial score (nSPS) is 20.0. The van der Waals surface area contributed by atoms with E-state index in [-0.39, 0.29) is 11.4 Å². The predicted octanol–water partition coefficient (Wildman–Crippen LogP) is 3.05. The second-order valence-electron chi connectivity index (χ2n) is 8.20. The summed E-state index contributed by atoms with van der Waals surface area (Å²) in [5, 5.41) is 3.27. The topological polar surface area (TPSA) is 59.4 Å². The van der Waals surface area contributed by atoms with Crippen LogP contribution in [0.1, 0.15) is 37.9 Å². The third-order valence-corrected chi connectivity index (χ3v) is 6.92. The quantitative estimate of drug-likeness (QED) is 0.752. The first-order valence-corrected chi connectivity index (χ1v) is 12.1. The molecule has 29 heavy (non-hydrogen) atoms. The molecule has 2 aliphatic heterocycles. The zero-order chi connectivity index (χ0) is 20.1. The summed E-state index contributed by atoms with van der Waals surface area (Å²) in [6.07, 6.45) is 7.90. The van der Waals surface area contributed by atoms with E-state index in [0.29, 0.717) is 13.1 Å². The average molecular weight is 417 g/mol. The number of hydrogen-bond donors (Lipinski definition) is 1. The lowest BCUT2D eigenvalue weighted by Crippen LogP contribution is -2.59. The molecule has 0 radical (unpaired) electrons. The molecule has 2 aromatic rings. The van der Waals surface area contributed by atoms with E-state index in [0.717, 1.165) is 61.8 Å². The number of carbonyl (C=O) groups is 1. The van der Waals surface area contributed by atoms with Crippen LogP contribution in [0, 0.1) is 0 Å². The van der Waals surface area contributed by atoms with E-state index in [2.05, 4.69) is 21.0 Å². The van der Waals surface area contributed by atoms with Gasteiger partial charge in [0.15, 0.2) is 0 Å². The number of piperidine rings is 1. The Bertz CT molecular complexity index is 825. The van der Waals surface area contributed by atoms with Crippen molar-refractivity contribution in [3.8, 4) is 0 Å². The standard InChI is InChI=1S/C22H32N4O2S/c1-29-16-20-24-18-7-3-4-8-19(18)26(20)15-21(27)23-17-22(9-13-28-14-10-22)25-11-5-2-6-12-25/h3-4,7-8H,2,5-6,9-17H2,1H3,(H,23,27). The Hall–Kier alpha value is -1.57. The minimum Gasteiger partial charge on any atom is -0.381 e. The molecule has 0 bridgehead atoms. The van der Waals surface area contributed by atoms with Crippen LogP contribution < -0.4 is 5.32 Å². The maximum Gasteiger partial charge on any atom is 0.240 e. The molecule has 4 rings (SSSR count). The highest BCUT2D eigenvalue weighted by Crippen LogP contribution is 2.30. The third kappa shape index (κ3) is 4.62. The van der Waals surface area contributed by atoms with Gasteiger partial charge < -0.3 is 14.6 Å². The number of benzene rings is 1. The van der Waals surface area contributed by atoms with Crippen molar-refractivity contribution >= 4 is 28.7 Å². The predicted molar refractivity (Wildman–Crippen MR) is 118 cm³/mol. The number of para-hydroxylation sites is 2. The number of rotatable bonds is 7. The van der Waals surface area contributed by atoms with Gasteiger partial charge in [-0.1, -0.05) is 18.6 Å². The van der Waals surface area contributed by atoms with Gasteiger partial charge in [-0.15, -0.1) is 0 Å². The zero-order valence-electron chi connectivity index (χ0n) is 17.4. The molecule has 0 saturated carbocycles. The molecule has 3 heterocycles. The lowest BCUT2D eigenvalue weighted by atomic mass is 9.86. The Morgan fingerprint density at radius 3 is 2.72 bits per heavy atom. The Labute approximate surface area is 177 Å². The minimum atomic E-state index is 0.0490. The van der Waals surface area contributed by atoms with Gasteiger partial charge >= 0.3 is 0 Å². The Balaban J connectivity index is 1.46. The van der Waals surface area contributed by atoms with Gasteiger partial charge in [-0.25, -0.2) is 4.98 Å². The first kappa shape index (κ1) is 20.7. The summed E-state index contributed by atoms with van der Waals surface area (Å²) >= 11 is 1.73. The van der Waals surface area contributed by atoms with E-state index in [1.165, 1.54) is 19.3 Å². The van der Waals surface area contributed by atoms with E-state index in [1.54, 1.807) is 11.8 Å². The fourth-order valence-electron chi connectivity index (χ4n) is 4.73. The largest absolute Gasteiger partial charge is 0.381 e. The first-order valence-electron chi connectivity index (χ1n) is 10.7. The second kappa shape index (κ2) is 9.49. The molecule has 2 saturated heterocycles. The molecule has 2 aliphatic rings. The zero-order valence-corrected chi connectivity index (χ0v) is 18.2. The molecule has 7 heteroatoms. The highest BCUT2D eigenvalue weighted by molar-refractivity contribution is 7.97. The van der Waals surface area contributed by atoms with Crippen LogP contribution in [0.3, 0.4) is 0 Å². The number of nitrogens with zero attached hydrogens (tertiary/aromatic N) is 3. The van der Waals surface area contributed by atoms with Crippen molar-refractivity contribution in [1.82, 2.24) is 19.8 Å². The molecule has 0 unspecified atom stereocenters. The van der Waals surface area contributed by atoms with Gasteiger partial charge in [0.05, 0.1) is 16.8 Å². The highest BCUT2D eigenvalue weighted by atomic mass is 32.2. The fourth-order valence-corrected chi connectivity index (χ4v) is 5.21. The smallest absolute Gasteiger partial charge is 0.240 e. The van der Waals surface area contributed by atoms with Crippen molar-refractivity contribution in [3.63, 3.8) is 0 Å². The number of likely N-dealkylation sites (tertiary alicyclic amines) is 1. The van der Waals surface area contributed by atoms with Crippen LogP contribution in [0.25, 0.3) is 11.0 Å². The Morgan fingerprint density at radius 1 is 1.21 bits per heavy atom. The number of aromatic nitrogens is 2. The molecule has 158 valence electrons. The molecule has 0 atom stereocenters. The third-order valence-electron chi connectivity index (χ3n) is 6.37. The maximum atomic E-state index is 13.0. The number of imidazole rings is 1. The number of hydrogen-bond acceptors (Lipinski definition) is 5. The molecule has 1 amide bonds. The van der Waals surface area contributed by atoms with E-state index in [1.807, 2.05) is 24.3 Å². The van der Waals surface area contributed by atoms with Crippen molar-refractivity contribution in [2.24, 2.45) is 0 Å². The Kier molecular flexibility index (Phi) is 6.77. The van der Waals surface area contributed by atoms with Crippen molar-refractivity contribution < 1.29 is 9.53 Å². The number of thioether (sulfide) groups is 1. The molecule has 0 aliphatic carbocycles. The first-order chi connectivity index (χ1) is 14.2. The van der Waals surface area contributed by atoms with Crippen LogP contribution >= 0.6 is 11.8 Å². The van der Waals surface area contributed by atoms with Gasteiger partial charge in [0.2, 0.25) is 5.91 Å². The lowest BCUT2D eigenvalue weighted by molar-refractivity contribution is -0.123. The molecule has 2 fully saturated rings. The minimum absolute atomic E-state index is 0.0490.